The molecule has 0 radical (unpaired) electrons. The molecule has 0 aromatic heterocycles. The highest BCUT2D eigenvalue weighted by Crippen LogP contribution is 2.25. The maximum absolute atomic E-state index is 12.2. The summed E-state index contributed by atoms with van der Waals surface area (Å²) in [5.74, 6) is -0.200. The predicted octanol–water partition coefficient (Wildman–Crippen LogP) is 3.22. The Morgan fingerprint density at radius 2 is 2.00 bits per heavy atom. The lowest BCUT2D eigenvalue weighted by atomic mass is 10.1. The second-order valence-corrected chi connectivity index (χ2v) is 6.66. The van der Waals surface area contributed by atoms with Crippen molar-refractivity contribution in [3.63, 3.8) is 0 Å². The average molecular weight is 345 g/mol. The van der Waals surface area contributed by atoms with Crippen molar-refractivity contribution in [3.8, 4) is 0 Å². The van der Waals surface area contributed by atoms with Crippen LogP contribution in [-0.4, -0.2) is 48.7 Å². The van der Waals surface area contributed by atoms with Crippen LogP contribution in [0.25, 0.3) is 0 Å². The van der Waals surface area contributed by atoms with Crippen LogP contribution in [0.3, 0.4) is 0 Å². The molecule has 0 bridgehead atoms. The van der Waals surface area contributed by atoms with E-state index in [4.69, 9.17) is 27.9 Å². The lowest BCUT2D eigenvalue weighted by Gasteiger charge is -2.39. The minimum Gasteiger partial charge on any atom is -0.373 e. The maximum Gasteiger partial charge on any atom is 0.252 e. The number of rotatable bonds is 4. The molecule has 6 heteroatoms. The summed E-state index contributed by atoms with van der Waals surface area (Å²) >= 11 is 12.0. The zero-order valence-electron chi connectivity index (χ0n) is 13.1. The Morgan fingerprint density at radius 3 is 2.64 bits per heavy atom. The van der Waals surface area contributed by atoms with Crippen LogP contribution in [0.4, 0.5) is 0 Å². The molecule has 1 aromatic carbocycles. The molecule has 1 saturated heterocycles. The molecule has 0 spiro atoms. The van der Waals surface area contributed by atoms with Gasteiger partial charge >= 0.3 is 0 Å². The smallest absolute Gasteiger partial charge is 0.252 e. The van der Waals surface area contributed by atoms with E-state index in [1.54, 1.807) is 18.2 Å². The summed E-state index contributed by atoms with van der Waals surface area (Å²) in [6.07, 6.45) is 0.425. The molecule has 3 atom stereocenters. The van der Waals surface area contributed by atoms with Gasteiger partial charge in [0.2, 0.25) is 0 Å². The quantitative estimate of drug-likeness (QED) is 0.911. The lowest BCUT2D eigenvalue weighted by molar-refractivity contribution is -0.0778. The van der Waals surface area contributed by atoms with Gasteiger partial charge in [0.15, 0.2) is 0 Å². The Hall–Kier alpha value is -0.810. The highest BCUT2D eigenvalue weighted by Gasteiger charge is 2.26. The van der Waals surface area contributed by atoms with Gasteiger partial charge in [-0.05, 0) is 32.9 Å². The van der Waals surface area contributed by atoms with Crippen molar-refractivity contribution >= 4 is 29.1 Å². The third kappa shape index (κ3) is 4.35. The summed E-state index contributed by atoms with van der Waals surface area (Å²) in [7, 11) is 0. The standard InChI is InChI=1S/C16H22Cl2N2O2/c1-10(20-8-11(2)22-12(3)9-20)7-19-16(21)13-5-4-6-14(17)15(13)18/h4-6,10-12H,7-9H2,1-3H3,(H,19,21). The van der Waals surface area contributed by atoms with Crippen molar-refractivity contribution in [1.82, 2.24) is 10.2 Å². The van der Waals surface area contributed by atoms with Gasteiger partial charge in [-0.25, -0.2) is 0 Å². The first-order valence-electron chi connectivity index (χ1n) is 7.50. The molecular weight excluding hydrogens is 323 g/mol. The number of carbonyl (C=O) groups excluding carboxylic acids is 1. The number of morpholine rings is 1. The molecule has 1 aliphatic rings. The number of halogens is 2. The molecule has 122 valence electrons. The van der Waals surface area contributed by atoms with Crippen molar-refractivity contribution < 1.29 is 9.53 Å². The van der Waals surface area contributed by atoms with Crippen molar-refractivity contribution in [3.05, 3.63) is 33.8 Å². The summed E-state index contributed by atoms with van der Waals surface area (Å²) < 4.78 is 5.73. The molecule has 1 aliphatic heterocycles. The first-order valence-corrected chi connectivity index (χ1v) is 8.25. The topological polar surface area (TPSA) is 41.6 Å². The first kappa shape index (κ1) is 17.5. The number of carbonyl (C=O) groups is 1. The van der Waals surface area contributed by atoms with Gasteiger partial charge in [-0.1, -0.05) is 29.3 Å². The number of hydrogen-bond donors (Lipinski definition) is 1. The summed E-state index contributed by atoms with van der Waals surface area (Å²) in [6.45, 7) is 8.55. The van der Waals surface area contributed by atoms with Gasteiger partial charge in [0.25, 0.3) is 5.91 Å². The second-order valence-electron chi connectivity index (χ2n) is 5.87. The molecule has 22 heavy (non-hydrogen) atoms. The number of amides is 1. The van der Waals surface area contributed by atoms with Crippen LogP contribution < -0.4 is 5.32 Å². The van der Waals surface area contributed by atoms with Gasteiger partial charge < -0.3 is 10.1 Å². The van der Waals surface area contributed by atoms with Gasteiger partial charge in [0.1, 0.15) is 0 Å². The van der Waals surface area contributed by atoms with Crippen LogP contribution in [0.2, 0.25) is 10.0 Å². The molecule has 1 fully saturated rings. The van der Waals surface area contributed by atoms with Gasteiger partial charge in [-0.15, -0.1) is 0 Å². The van der Waals surface area contributed by atoms with Crippen molar-refractivity contribution in [1.29, 1.82) is 0 Å². The second kappa shape index (κ2) is 7.64. The van der Waals surface area contributed by atoms with E-state index >= 15 is 0 Å². The zero-order chi connectivity index (χ0) is 16.3. The molecule has 4 nitrogen and oxygen atoms in total. The van der Waals surface area contributed by atoms with Gasteiger partial charge in [-0.2, -0.15) is 0 Å². The van der Waals surface area contributed by atoms with Crippen LogP contribution in [0.15, 0.2) is 18.2 Å². The number of nitrogens with zero attached hydrogens (tertiary/aromatic N) is 1. The molecular formula is C16H22Cl2N2O2. The lowest BCUT2D eigenvalue weighted by Crippen LogP contribution is -2.52. The van der Waals surface area contributed by atoms with E-state index in [1.807, 2.05) is 0 Å². The molecule has 1 aromatic rings. The van der Waals surface area contributed by atoms with Crippen LogP contribution >= 0.6 is 23.2 Å². The molecule has 0 aliphatic carbocycles. The summed E-state index contributed by atoms with van der Waals surface area (Å²) in [6, 6.07) is 5.29. The number of hydrogen-bond acceptors (Lipinski definition) is 3. The maximum atomic E-state index is 12.2. The van der Waals surface area contributed by atoms with Crippen LogP contribution in [-0.2, 0) is 4.74 Å². The molecule has 1 amide bonds. The van der Waals surface area contributed by atoms with Crippen LogP contribution in [0.5, 0.6) is 0 Å². The predicted molar refractivity (Wildman–Crippen MR) is 89.8 cm³/mol. The zero-order valence-corrected chi connectivity index (χ0v) is 14.6. The minimum atomic E-state index is -0.200. The fourth-order valence-corrected chi connectivity index (χ4v) is 3.11. The van der Waals surface area contributed by atoms with Crippen LogP contribution in [0.1, 0.15) is 31.1 Å². The van der Waals surface area contributed by atoms with E-state index in [2.05, 4.69) is 31.0 Å². The van der Waals surface area contributed by atoms with E-state index in [1.165, 1.54) is 0 Å². The highest BCUT2D eigenvalue weighted by molar-refractivity contribution is 6.43. The first-order chi connectivity index (χ1) is 10.4. The van der Waals surface area contributed by atoms with Gasteiger partial charge in [-0.3, -0.25) is 9.69 Å². The summed E-state index contributed by atoms with van der Waals surface area (Å²) in [5.41, 5.74) is 0.407. The van der Waals surface area contributed by atoms with E-state index in [0.29, 0.717) is 22.2 Å². The van der Waals surface area contributed by atoms with Crippen molar-refractivity contribution in [2.45, 2.75) is 39.0 Å². The van der Waals surface area contributed by atoms with E-state index in [-0.39, 0.29) is 24.2 Å². The number of ether oxygens (including phenoxy) is 1. The normalized spacial score (nSPS) is 24.0. The molecule has 2 rings (SSSR count). The third-order valence-electron chi connectivity index (χ3n) is 3.83. The van der Waals surface area contributed by atoms with Crippen molar-refractivity contribution in [2.75, 3.05) is 19.6 Å². The number of nitrogens with one attached hydrogen (secondary N) is 1. The Balaban J connectivity index is 1.92. The summed E-state index contributed by atoms with van der Waals surface area (Å²) in [5, 5.41) is 3.61. The summed E-state index contributed by atoms with van der Waals surface area (Å²) in [4.78, 5) is 14.6. The SMILES string of the molecule is CC1CN(C(C)CNC(=O)c2cccc(Cl)c2Cl)CC(C)O1. The fourth-order valence-electron chi connectivity index (χ4n) is 2.72. The minimum absolute atomic E-state index is 0.200. The Kier molecular flexibility index (Phi) is 6.09. The molecule has 3 unspecified atom stereocenters. The molecule has 1 N–H and O–H groups in total. The van der Waals surface area contributed by atoms with Crippen LogP contribution in [0, 0.1) is 0 Å². The van der Waals surface area contributed by atoms with Gasteiger partial charge in [0.05, 0.1) is 27.8 Å². The number of benzene rings is 1. The van der Waals surface area contributed by atoms with E-state index < -0.39 is 0 Å². The Morgan fingerprint density at radius 1 is 1.36 bits per heavy atom. The average Bonchev–Trinajstić information content (AvgIpc) is 2.46. The molecule has 0 saturated carbocycles. The Bertz CT molecular complexity index is 529. The Labute approximate surface area is 141 Å². The monoisotopic (exact) mass is 344 g/mol. The fraction of sp³-hybridized carbons (Fsp3) is 0.562. The molecule has 1 heterocycles. The van der Waals surface area contributed by atoms with E-state index in [0.717, 1.165) is 13.1 Å². The highest BCUT2D eigenvalue weighted by atomic mass is 35.5. The van der Waals surface area contributed by atoms with Gasteiger partial charge in [0, 0.05) is 25.7 Å². The third-order valence-corrected chi connectivity index (χ3v) is 4.64. The van der Waals surface area contributed by atoms with E-state index in [9.17, 15) is 4.79 Å². The largest absolute Gasteiger partial charge is 0.373 e. The van der Waals surface area contributed by atoms with Crippen molar-refractivity contribution in [2.24, 2.45) is 0 Å².